The third kappa shape index (κ3) is 7.41. The number of fused-ring (bicyclic) bond motifs is 2. The van der Waals surface area contributed by atoms with E-state index in [2.05, 4.69) is 4.99 Å². The molecule has 0 aliphatic carbocycles. The Morgan fingerprint density at radius 3 is 1.49 bits per heavy atom. The van der Waals surface area contributed by atoms with E-state index in [4.69, 9.17) is 28.7 Å². The molecule has 228 valence electrons. The second kappa shape index (κ2) is 13.8. The zero-order valence-electron chi connectivity index (χ0n) is 25.0. The van der Waals surface area contributed by atoms with Crippen molar-refractivity contribution in [1.82, 2.24) is 0 Å². The van der Waals surface area contributed by atoms with Gasteiger partial charge < -0.3 is 38.9 Å². The summed E-state index contributed by atoms with van der Waals surface area (Å²) in [5, 5.41) is 23.2. The first kappa shape index (κ1) is 31.7. The summed E-state index contributed by atoms with van der Waals surface area (Å²) < 4.78 is 0. The van der Waals surface area contributed by atoms with Gasteiger partial charge in [0.15, 0.2) is 6.29 Å². The maximum absolute atomic E-state index is 10.7. The number of nitrogen functional groups attached to an aromatic ring is 5. The van der Waals surface area contributed by atoms with E-state index in [1.807, 2.05) is 68.4 Å². The lowest BCUT2D eigenvalue weighted by Crippen LogP contribution is -1.98. The zero-order valence-corrected chi connectivity index (χ0v) is 25.0. The molecule has 12 N–H and O–H groups in total. The van der Waals surface area contributed by atoms with Crippen molar-refractivity contribution in [3.05, 3.63) is 119 Å². The highest BCUT2D eigenvalue weighted by molar-refractivity contribution is 6.03. The van der Waals surface area contributed by atoms with E-state index in [0.717, 1.165) is 32.7 Å². The van der Waals surface area contributed by atoms with Crippen LogP contribution in [-0.2, 0) is 0 Å². The van der Waals surface area contributed by atoms with Crippen LogP contribution < -0.4 is 28.7 Å². The standard InChI is InChI=1S/C18H17N3O.C11H8O2.C7H11N3/c1-11-16(19)8-13(9-17(11)20)21-10-15-14-5-3-2-4-12(14)6-7-18(15)22;12-7-10-9-4-2-1-3-8(9)5-6-11(10)13;1-4-6(9)2-5(8)3-7(4)10/h2-10,22H,19-20H2,1H3;1-7,13H;2-3H,8-10H2,1H3. The molecule has 0 bridgehead atoms. The molecule has 0 amide bonds. The topological polar surface area (TPSA) is 200 Å². The molecule has 0 atom stereocenters. The number of phenolic OH excluding ortho intramolecular Hbond substituents is 2. The molecule has 0 heterocycles. The van der Waals surface area contributed by atoms with Gasteiger partial charge in [-0.3, -0.25) is 9.79 Å². The minimum Gasteiger partial charge on any atom is -0.507 e. The van der Waals surface area contributed by atoms with Gasteiger partial charge in [0, 0.05) is 40.2 Å². The van der Waals surface area contributed by atoms with E-state index < -0.39 is 0 Å². The molecule has 0 fully saturated rings. The number of carbonyl (C=O) groups is 1. The summed E-state index contributed by atoms with van der Waals surface area (Å²) in [4.78, 5) is 15.1. The van der Waals surface area contributed by atoms with Gasteiger partial charge in [0.25, 0.3) is 0 Å². The molecule has 6 rings (SSSR count). The number of rotatable bonds is 3. The summed E-state index contributed by atoms with van der Waals surface area (Å²) >= 11 is 0. The average Bonchev–Trinajstić information content (AvgIpc) is 3.02. The zero-order chi connectivity index (χ0) is 32.7. The molecule has 0 radical (unpaired) electrons. The number of aliphatic imine (C=N–C) groups is 1. The maximum atomic E-state index is 10.7. The summed E-state index contributed by atoms with van der Waals surface area (Å²) in [7, 11) is 0. The molecule has 6 aromatic carbocycles. The van der Waals surface area contributed by atoms with Gasteiger partial charge in [0.05, 0.1) is 11.3 Å². The Balaban J connectivity index is 0.000000170. The lowest BCUT2D eigenvalue weighted by molar-refractivity contribution is 0.112. The number of aromatic hydroxyl groups is 2. The summed E-state index contributed by atoms with van der Waals surface area (Å²) in [5.41, 5.74) is 35.0. The highest BCUT2D eigenvalue weighted by atomic mass is 16.3. The predicted molar refractivity (Wildman–Crippen MR) is 188 cm³/mol. The Morgan fingerprint density at radius 2 is 1.00 bits per heavy atom. The normalized spacial score (nSPS) is 10.6. The number of anilines is 5. The fourth-order valence-corrected chi connectivity index (χ4v) is 4.57. The lowest BCUT2D eigenvalue weighted by atomic mass is 10.0. The first-order chi connectivity index (χ1) is 21.5. The van der Waals surface area contributed by atoms with Crippen LogP contribution in [0.4, 0.5) is 34.1 Å². The summed E-state index contributed by atoms with van der Waals surface area (Å²) in [5.74, 6) is 0.226. The quantitative estimate of drug-likeness (QED) is 0.0648. The van der Waals surface area contributed by atoms with Crippen molar-refractivity contribution in [2.75, 3.05) is 28.7 Å². The van der Waals surface area contributed by atoms with Crippen LogP contribution in [0.15, 0.2) is 102 Å². The third-order valence-corrected chi connectivity index (χ3v) is 7.34. The van der Waals surface area contributed by atoms with Gasteiger partial charge in [-0.2, -0.15) is 0 Å². The van der Waals surface area contributed by atoms with Gasteiger partial charge in [0.2, 0.25) is 0 Å². The number of hydrogen-bond acceptors (Lipinski definition) is 9. The van der Waals surface area contributed by atoms with E-state index in [1.165, 1.54) is 6.07 Å². The number of phenols is 2. The number of hydrogen-bond donors (Lipinski definition) is 7. The molecule has 0 aliphatic heterocycles. The van der Waals surface area contributed by atoms with Gasteiger partial charge in [-0.15, -0.1) is 0 Å². The Bertz CT molecular complexity index is 1990. The molecule has 0 unspecified atom stereocenters. The van der Waals surface area contributed by atoms with E-state index >= 15 is 0 Å². The van der Waals surface area contributed by atoms with Gasteiger partial charge in [-0.1, -0.05) is 60.7 Å². The number of carbonyl (C=O) groups excluding carboxylic acids is 1. The molecular weight excluding hydrogens is 564 g/mol. The fourth-order valence-electron chi connectivity index (χ4n) is 4.57. The van der Waals surface area contributed by atoms with Gasteiger partial charge >= 0.3 is 0 Å². The lowest BCUT2D eigenvalue weighted by Gasteiger charge is -2.07. The smallest absolute Gasteiger partial charge is 0.154 e. The highest BCUT2D eigenvalue weighted by Crippen LogP contribution is 2.29. The van der Waals surface area contributed by atoms with Crippen LogP contribution in [0.3, 0.4) is 0 Å². The Morgan fingerprint density at radius 1 is 0.578 bits per heavy atom. The minimum absolute atomic E-state index is 0.0358. The van der Waals surface area contributed by atoms with Crippen LogP contribution in [0.5, 0.6) is 11.5 Å². The van der Waals surface area contributed by atoms with Crippen LogP contribution in [-0.4, -0.2) is 22.7 Å². The van der Waals surface area contributed by atoms with Crippen molar-refractivity contribution in [1.29, 1.82) is 0 Å². The van der Waals surface area contributed by atoms with Gasteiger partial charge in [-0.25, -0.2) is 0 Å². The number of nitrogens with zero attached hydrogens (tertiary/aromatic N) is 1. The largest absolute Gasteiger partial charge is 0.507 e. The average molecular weight is 601 g/mol. The summed E-state index contributed by atoms with van der Waals surface area (Å²) in [6, 6.07) is 29.1. The third-order valence-electron chi connectivity index (χ3n) is 7.34. The van der Waals surface area contributed by atoms with Crippen LogP contribution in [0, 0.1) is 13.8 Å². The van der Waals surface area contributed by atoms with Crippen molar-refractivity contribution in [2.45, 2.75) is 13.8 Å². The fraction of sp³-hybridized carbons (Fsp3) is 0.0556. The molecule has 0 aromatic heterocycles. The number of aldehydes is 1. The molecule has 9 nitrogen and oxygen atoms in total. The number of nitrogens with two attached hydrogens (primary N) is 5. The predicted octanol–water partition coefficient (Wildman–Crippen LogP) is 6.87. The first-order valence-corrected chi connectivity index (χ1v) is 14.0. The van der Waals surface area contributed by atoms with Crippen LogP contribution in [0.2, 0.25) is 0 Å². The van der Waals surface area contributed by atoms with Gasteiger partial charge in [0.1, 0.15) is 11.5 Å². The monoisotopic (exact) mass is 600 g/mol. The summed E-state index contributed by atoms with van der Waals surface area (Å²) in [6.07, 6.45) is 2.32. The van der Waals surface area contributed by atoms with Crippen molar-refractivity contribution in [3.63, 3.8) is 0 Å². The molecule has 0 saturated heterocycles. The van der Waals surface area contributed by atoms with E-state index in [0.29, 0.717) is 51.5 Å². The summed E-state index contributed by atoms with van der Waals surface area (Å²) in [6.45, 7) is 3.73. The first-order valence-electron chi connectivity index (χ1n) is 14.0. The maximum Gasteiger partial charge on any atom is 0.154 e. The Hall–Kier alpha value is -6.22. The van der Waals surface area contributed by atoms with Crippen LogP contribution in [0.25, 0.3) is 21.5 Å². The molecule has 6 aromatic rings. The van der Waals surface area contributed by atoms with Crippen LogP contribution >= 0.6 is 0 Å². The van der Waals surface area contributed by atoms with E-state index in [9.17, 15) is 15.0 Å². The minimum atomic E-state index is 0.0358. The molecule has 9 heteroatoms. The highest BCUT2D eigenvalue weighted by Gasteiger charge is 2.06. The van der Waals surface area contributed by atoms with Gasteiger partial charge in [-0.05, 0) is 82.9 Å². The Kier molecular flexibility index (Phi) is 9.75. The SMILES string of the molecule is Cc1c(N)cc(N)cc1N.Cc1c(N)cc(N=Cc2c(O)ccc3ccccc23)cc1N.O=Cc1c(O)ccc2ccccc12. The second-order valence-electron chi connectivity index (χ2n) is 10.4. The van der Waals surface area contributed by atoms with Crippen molar-refractivity contribution >= 4 is 68.2 Å². The van der Waals surface area contributed by atoms with Crippen LogP contribution in [0.1, 0.15) is 27.0 Å². The van der Waals surface area contributed by atoms with Crippen molar-refractivity contribution < 1.29 is 15.0 Å². The van der Waals surface area contributed by atoms with Crippen molar-refractivity contribution in [3.8, 4) is 11.5 Å². The number of benzene rings is 6. The molecule has 45 heavy (non-hydrogen) atoms. The molecular formula is C36H36N6O3. The van der Waals surface area contributed by atoms with Crippen molar-refractivity contribution in [2.24, 2.45) is 4.99 Å². The molecule has 0 spiro atoms. The second-order valence-corrected chi connectivity index (χ2v) is 10.4. The van der Waals surface area contributed by atoms with E-state index in [1.54, 1.807) is 42.6 Å². The molecule has 0 saturated carbocycles. The van der Waals surface area contributed by atoms with E-state index in [-0.39, 0.29) is 11.5 Å². The molecule has 0 aliphatic rings. The Labute approximate surface area is 261 Å².